The van der Waals surface area contributed by atoms with E-state index in [-0.39, 0.29) is 10.6 Å². The second-order valence-electron chi connectivity index (χ2n) is 3.88. The van der Waals surface area contributed by atoms with Gasteiger partial charge in [-0.05, 0) is 19.1 Å². The lowest BCUT2D eigenvalue weighted by Crippen LogP contribution is -2.38. The molecule has 0 fully saturated rings. The highest BCUT2D eigenvalue weighted by Gasteiger charge is 2.27. The number of hydrogen-bond acceptors (Lipinski definition) is 5. The Bertz CT molecular complexity index is 652. The Morgan fingerprint density at radius 1 is 1.33 bits per heavy atom. The van der Waals surface area contributed by atoms with Crippen LogP contribution in [-0.2, 0) is 9.84 Å². The molecule has 0 saturated heterocycles. The lowest BCUT2D eigenvalue weighted by atomic mass is 10.2. The summed E-state index contributed by atoms with van der Waals surface area (Å²) < 4.78 is 24.5. The van der Waals surface area contributed by atoms with Gasteiger partial charge in [0, 0.05) is 6.21 Å². The fourth-order valence-corrected chi connectivity index (χ4v) is 2.84. The molecule has 1 N–H and O–H groups in total. The molecule has 0 aliphatic carbocycles. The molecule has 0 bridgehead atoms. The summed E-state index contributed by atoms with van der Waals surface area (Å²) in [5.74, 6) is 0. The molecule has 1 aromatic carbocycles. The maximum Gasteiger partial charge on any atom is 0.204 e. The number of nitriles is 1. The molecule has 92 valence electrons. The molecule has 0 spiro atoms. The van der Waals surface area contributed by atoms with E-state index in [1.807, 2.05) is 13.0 Å². The van der Waals surface area contributed by atoms with Gasteiger partial charge in [-0.15, -0.1) is 0 Å². The molecular formula is C12H11N3O2S. The number of hydrogen-bond donors (Lipinski definition) is 1. The monoisotopic (exact) mass is 261 g/mol. The number of rotatable bonds is 2. The summed E-state index contributed by atoms with van der Waals surface area (Å²) >= 11 is 0. The zero-order valence-electron chi connectivity index (χ0n) is 9.66. The van der Waals surface area contributed by atoms with Crippen LogP contribution in [0.4, 0.5) is 0 Å². The van der Waals surface area contributed by atoms with Crippen LogP contribution in [0.15, 0.2) is 46.1 Å². The molecule has 2 rings (SSSR count). The first kappa shape index (κ1) is 12.3. The number of sulfone groups is 1. The van der Waals surface area contributed by atoms with E-state index in [9.17, 15) is 8.42 Å². The largest absolute Gasteiger partial charge is 0.354 e. The van der Waals surface area contributed by atoms with E-state index in [0.29, 0.717) is 0 Å². The Morgan fingerprint density at radius 3 is 2.61 bits per heavy atom. The number of benzene rings is 1. The fourth-order valence-electron chi connectivity index (χ4n) is 1.52. The summed E-state index contributed by atoms with van der Waals surface area (Å²) in [5.41, 5.74) is 1.12. The van der Waals surface area contributed by atoms with Gasteiger partial charge in [0.05, 0.1) is 11.1 Å². The van der Waals surface area contributed by atoms with Crippen LogP contribution < -0.4 is 5.32 Å². The Balaban J connectivity index is 2.34. The molecule has 6 heteroatoms. The average Bonchev–Trinajstić information content (AvgIpc) is 2.39. The van der Waals surface area contributed by atoms with Gasteiger partial charge < -0.3 is 5.32 Å². The summed E-state index contributed by atoms with van der Waals surface area (Å²) in [7, 11) is -3.57. The second-order valence-corrected chi connectivity index (χ2v) is 5.95. The van der Waals surface area contributed by atoms with Crippen molar-refractivity contribution in [1.82, 2.24) is 5.32 Å². The van der Waals surface area contributed by atoms with E-state index in [4.69, 9.17) is 5.26 Å². The SMILES string of the molecule is Cc1ccc(S(=O)(=O)C2C=NC=C(C#N)N2)cc1. The van der Waals surface area contributed by atoms with E-state index < -0.39 is 15.2 Å². The van der Waals surface area contributed by atoms with Crippen molar-refractivity contribution in [2.45, 2.75) is 17.2 Å². The van der Waals surface area contributed by atoms with Crippen molar-refractivity contribution in [1.29, 1.82) is 5.26 Å². The van der Waals surface area contributed by atoms with Gasteiger partial charge in [0.2, 0.25) is 9.84 Å². The summed E-state index contributed by atoms with van der Waals surface area (Å²) in [6, 6.07) is 8.39. The van der Waals surface area contributed by atoms with Crippen LogP contribution >= 0.6 is 0 Å². The normalized spacial score (nSPS) is 18.7. The zero-order chi connectivity index (χ0) is 13.2. The third-order valence-corrected chi connectivity index (χ3v) is 4.36. The Kier molecular flexibility index (Phi) is 3.17. The first-order chi connectivity index (χ1) is 8.54. The van der Waals surface area contributed by atoms with Gasteiger partial charge in [0.15, 0.2) is 5.37 Å². The van der Waals surface area contributed by atoms with Crippen molar-refractivity contribution in [3.8, 4) is 6.07 Å². The van der Waals surface area contributed by atoms with Gasteiger partial charge >= 0.3 is 0 Å². The van der Waals surface area contributed by atoms with Gasteiger partial charge in [-0.2, -0.15) is 5.26 Å². The Morgan fingerprint density at radius 2 is 2.00 bits per heavy atom. The van der Waals surface area contributed by atoms with E-state index >= 15 is 0 Å². The van der Waals surface area contributed by atoms with Crippen molar-refractivity contribution in [2.24, 2.45) is 4.99 Å². The van der Waals surface area contributed by atoms with E-state index in [2.05, 4.69) is 10.3 Å². The molecule has 1 atom stereocenters. The molecule has 1 aromatic rings. The zero-order valence-corrected chi connectivity index (χ0v) is 10.5. The Hall–Kier alpha value is -2.13. The first-order valence-electron chi connectivity index (χ1n) is 5.25. The van der Waals surface area contributed by atoms with Gasteiger partial charge in [0.1, 0.15) is 11.8 Å². The number of allylic oxidation sites excluding steroid dienone is 1. The molecule has 1 aliphatic rings. The summed E-state index contributed by atoms with van der Waals surface area (Å²) in [6.45, 7) is 1.88. The van der Waals surface area contributed by atoms with Gasteiger partial charge in [-0.1, -0.05) is 17.7 Å². The minimum Gasteiger partial charge on any atom is -0.354 e. The van der Waals surface area contributed by atoms with Crippen LogP contribution in [0.1, 0.15) is 5.56 Å². The van der Waals surface area contributed by atoms with Crippen molar-refractivity contribution in [2.75, 3.05) is 0 Å². The van der Waals surface area contributed by atoms with Crippen LogP contribution in [-0.4, -0.2) is 20.0 Å². The number of nitrogens with zero attached hydrogens (tertiary/aromatic N) is 2. The second kappa shape index (κ2) is 4.63. The fraction of sp³-hybridized carbons (Fsp3) is 0.167. The molecule has 5 nitrogen and oxygen atoms in total. The van der Waals surface area contributed by atoms with Gasteiger partial charge in [-0.25, -0.2) is 8.42 Å². The molecule has 0 aromatic heterocycles. The van der Waals surface area contributed by atoms with Crippen LogP contribution in [0.2, 0.25) is 0 Å². The van der Waals surface area contributed by atoms with Crippen molar-refractivity contribution < 1.29 is 8.42 Å². The summed E-state index contributed by atoms with van der Waals surface area (Å²) in [4.78, 5) is 3.97. The molecule has 1 heterocycles. The molecule has 0 amide bonds. The highest BCUT2D eigenvalue weighted by Crippen LogP contribution is 2.16. The lowest BCUT2D eigenvalue weighted by Gasteiger charge is -2.17. The molecular weight excluding hydrogens is 250 g/mol. The molecule has 0 saturated carbocycles. The predicted octanol–water partition coefficient (Wildman–Crippen LogP) is 1.13. The average molecular weight is 261 g/mol. The summed E-state index contributed by atoms with van der Waals surface area (Å²) in [6.07, 6.45) is 2.57. The van der Waals surface area contributed by atoms with Crippen molar-refractivity contribution >= 4 is 16.1 Å². The maximum absolute atomic E-state index is 12.3. The van der Waals surface area contributed by atoms with E-state index in [1.165, 1.54) is 12.4 Å². The van der Waals surface area contributed by atoms with Crippen LogP contribution in [0.25, 0.3) is 0 Å². The topological polar surface area (TPSA) is 82.3 Å². The first-order valence-corrected chi connectivity index (χ1v) is 6.79. The maximum atomic E-state index is 12.3. The minimum absolute atomic E-state index is 0.137. The highest BCUT2D eigenvalue weighted by molar-refractivity contribution is 7.92. The molecule has 18 heavy (non-hydrogen) atoms. The third kappa shape index (κ3) is 2.26. The number of aryl methyl sites for hydroxylation is 1. The van der Waals surface area contributed by atoms with Crippen molar-refractivity contribution in [3.63, 3.8) is 0 Å². The molecule has 1 aliphatic heterocycles. The van der Waals surface area contributed by atoms with Gasteiger partial charge in [0.25, 0.3) is 0 Å². The number of nitrogens with one attached hydrogen (secondary N) is 1. The van der Waals surface area contributed by atoms with Crippen LogP contribution in [0, 0.1) is 18.3 Å². The van der Waals surface area contributed by atoms with Crippen LogP contribution in [0.5, 0.6) is 0 Å². The van der Waals surface area contributed by atoms with E-state index in [0.717, 1.165) is 5.56 Å². The number of aliphatic imine (C=N–C) groups is 1. The van der Waals surface area contributed by atoms with E-state index in [1.54, 1.807) is 24.3 Å². The molecule has 0 radical (unpaired) electrons. The van der Waals surface area contributed by atoms with Gasteiger partial charge in [-0.3, -0.25) is 4.99 Å². The van der Waals surface area contributed by atoms with Crippen molar-refractivity contribution in [3.05, 3.63) is 41.7 Å². The quantitative estimate of drug-likeness (QED) is 0.865. The molecule has 1 unspecified atom stereocenters. The smallest absolute Gasteiger partial charge is 0.204 e. The highest BCUT2D eigenvalue weighted by atomic mass is 32.2. The summed E-state index contributed by atoms with van der Waals surface area (Å²) in [5, 5.41) is 10.4. The van der Waals surface area contributed by atoms with Crippen LogP contribution in [0.3, 0.4) is 0 Å². The predicted molar refractivity (Wildman–Crippen MR) is 67.5 cm³/mol. The lowest BCUT2D eigenvalue weighted by molar-refractivity contribution is 0.585. The minimum atomic E-state index is -3.57. The Labute approximate surface area is 105 Å². The standard InChI is InChI=1S/C12H11N3O2S/c1-9-2-4-11(5-3-9)18(16,17)12-8-14-7-10(6-13)15-12/h2-5,7-8,12,15H,1H3. The third-order valence-electron chi connectivity index (χ3n) is 2.53.